The fraction of sp³-hybridized carbons (Fsp3) is 0.207. The van der Waals surface area contributed by atoms with Crippen LogP contribution in [-0.2, 0) is 11.3 Å². The summed E-state index contributed by atoms with van der Waals surface area (Å²) < 4.78 is 0. The van der Waals surface area contributed by atoms with Gasteiger partial charge >= 0.3 is 0 Å². The highest BCUT2D eigenvalue weighted by molar-refractivity contribution is 8.19. The Balaban J connectivity index is 1.35. The van der Waals surface area contributed by atoms with E-state index in [0.29, 0.717) is 27.9 Å². The molecule has 7 nitrogen and oxygen atoms in total. The number of carbonyl (C=O) groups is 1. The Morgan fingerprint density at radius 1 is 1.11 bits per heavy atom. The molecule has 3 aromatic carbocycles. The van der Waals surface area contributed by atoms with E-state index in [1.807, 2.05) is 61.6 Å². The first-order valence-corrected chi connectivity index (χ1v) is 14.2. The second kappa shape index (κ2) is 10.6. The quantitative estimate of drug-likeness (QED) is 0.394. The van der Waals surface area contributed by atoms with Crippen LogP contribution >= 0.6 is 23.5 Å². The van der Waals surface area contributed by atoms with Crippen LogP contribution in [0.3, 0.4) is 0 Å². The molecule has 0 saturated carbocycles. The fourth-order valence-corrected chi connectivity index (χ4v) is 7.09. The smallest absolute Gasteiger partial charge is 0.269 e. The van der Waals surface area contributed by atoms with Gasteiger partial charge in [0.25, 0.3) is 5.91 Å². The molecule has 3 aliphatic heterocycles. The average molecular weight is 539 g/mol. The van der Waals surface area contributed by atoms with Crippen molar-refractivity contribution in [3.05, 3.63) is 93.9 Å². The Kier molecular flexibility index (Phi) is 6.85. The molecule has 190 valence electrons. The van der Waals surface area contributed by atoms with Gasteiger partial charge in [-0.3, -0.25) is 15.0 Å². The van der Waals surface area contributed by atoms with E-state index in [2.05, 4.69) is 33.7 Å². The van der Waals surface area contributed by atoms with Gasteiger partial charge in [-0.2, -0.15) is 5.26 Å². The maximum atomic E-state index is 13.8. The monoisotopic (exact) mass is 538 g/mol. The first-order valence-electron chi connectivity index (χ1n) is 12.5. The highest BCUT2D eigenvalue weighted by atomic mass is 32.2. The highest BCUT2D eigenvalue weighted by Crippen LogP contribution is 2.50. The molecule has 1 atom stereocenters. The van der Waals surface area contributed by atoms with Crippen LogP contribution in [0, 0.1) is 11.3 Å². The fourth-order valence-electron chi connectivity index (χ4n) is 4.75. The van der Waals surface area contributed by atoms with Gasteiger partial charge in [-0.05, 0) is 67.0 Å². The van der Waals surface area contributed by atoms with Crippen LogP contribution in [0.15, 0.2) is 92.6 Å². The molecule has 2 N–H and O–H groups in total. The molecule has 3 aromatic rings. The number of hydrogen-bond acceptors (Lipinski definition) is 8. The zero-order chi connectivity index (χ0) is 26.1. The SMILES string of the molecule is CN1/C(=C2\SC(=Nc3ccc(NC4CCCN4)c(C#N)c3)N(Cc3ccccc3)C2=O)Sc2ccccc21. The van der Waals surface area contributed by atoms with E-state index in [1.165, 1.54) is 11.8 Å². The molecule has 0 aromatic heterocycles. The van der Waals surface area contributed by atoms with E-state index in [1.54, 1.807) is 22.7 Å². The van der Waals surface area contributed by atoms with Gasteiger partial charge in [0, 0.05) is 11.9 Å². The molecule has 9 heteroatoms. The standard InChI is InChI=1S/C29H26N6OS2/c1-34-23-10-5-6-11-24(23)37-28(34)26-27(36)35(18-19-8-3-2-4-9-19)29(38-26)32-21-13-14-22(20(16-21)17-30)33-25-12-7-15-31-25/h2-6,8-11,13-14,16,25,31,33H,7,12,15,18H2,1H3/b28-26+,32-29?. The first-order chi connectivity index (χ1) is 18.6. The van der Waals surface area contributed by atoms with Crippen LogP contribution < -0.4 is 15.5 Å². The molecule has 38 heavy (non-hydrogen) atoms. The number of carbonyl (C=O) groups excluding carboxylic acids is 1. The zero-order valence-corrected chi connectivity index (χ0v) is 22.5. The molecule has 0 aliphatic carbocycles. The zero-order valence-electron chi connectivity index (χ0n) is 20.8. The van der Waals surface area contributed by atoms with Gasteiger partial charge in [-0.1, -0.05) is 54.2 Å². The third kappa shape index (κ3) is 4.78. The van der Waals surface area contributed by atoms with Gasteiger partial charge in [-0.25, -0.2) is 4.99 Å². The van der Waals surface area contributed by atoms with Crippen LogP contribution in [0.1, 0.15) is 24.0 Å². The van der Waals surface area contributed by atoms with Crippen LogP contribution in [0.2, 0.25) is 0 Å². The van der Waals surface area contributed by atoms with E-state index < -0.39 is 0 Å². The average Bonchev–Trinajstić information content (AvgIpc) is 3.65. The molecule has 0 spiro atoms. The summed E-state index contributed by atoms with van der Waals surface area (Å²) in [7, 11) is 2.00. The van der Waals surface area contributed by atoms with Gasteiger partial charge in [0.1, 0.15) is 11.0 Å². The van der Waals surface area contributed by atoms with E-state index in [0.717, 1.165) is 46.2 Å². The first kappa shape index (κ1) is 24.6. The predicted octanol–water partition coefficient (Wildman–Crippen LogP) is 5.85. The number of rotatable bonds is 5. The highest BCUT2D eigenvalue weighted by Gasteiger charge is 2.39. The third-order valence-electron chi connectivity index (χ3n) is 6.72. The lowest BCUT2D eigenvalue weighted by Crippen LogP contribution is -2.30. The number of para-hydroxylation sites is 1. The number of fused-ring (bicyclic) bond motifs is 1. The summed E-state index contributed by atoms with van der Waals surface area (Å²) in [6.45, 7) is 1.39. The minimum absolute atomic E-state index is 0.0640. The molecule has 6 rings (SSSR count). The van der Waals surface area contributed by atoms with Crippen molar-refractivity contribution in [3.8, 4) is 6.07 Å². The number of aliphatic imine (C=N–C) groups is 1. The van der Waals surface area contributed by atoms with Crippen molar-refractivity contribution in [2.24, 2.45) is 4.99 Å². The van der Waals surface area contributed by atoms with E-state index >= 15 is 0 Å². The molecule has 2 fully saturated rings. The summed E-state index contributed by atoms with van der Waals surface area (Å²) in [5, 5.41) is 18.2. The van der Waals surface area contributed by atoms with Crippen LogP contribution in [0.25, 0.3) is 0 Å². The second-order valence-corrected chi connectivity index (χ2v) is 11.3. The lowest BCUT2D eigenvalue weighted by Gasteiger charge is -2.17. The second-order valence-electron chi connectivity index (χ2n) is 9.27. The van der Waals surface area contributed by atoms with Gasteiger partial charge in [0.05, 0.1) is 40.4 Å². The predicted molar refractivity (Wildman–Crippen MR) is 155 cm³/mol. The summed E-state index contributed by atoms with van der Waals surface area (Å²) in [4.78, 5) is 24.3. The van der Waals surface area contributed by atoms with E-state index in [9.17, 15) is 10.1 Å². The van der Waals surface area contributed by atoms with Crippen LogP contribution in [0.5, 0.6) is 0 Å². The molecule has 2 saturated heterocycles. The number of hydrogen-bond donors (Lipinski definition) is 2. The molecular weight excluding hydrogens is 512 g/mol. The molecule has 0 radical (unpaired) electrons. The Hall–Kier alpha value is -3.71. The molecule has 1 amide bonds. The molecule has 1 unspecified atom stereocenters. The maximum absolute atomic E-state index is 13.8. The number of anilines is 2. The lowest BCUT2D eigenvalue weighted by molar-refractivity contribution is -0.122. The minimum atomic E-state index is -0.0640. The lowest BCUT2D eigenvalue weighted by atomic mass is 10.1. The van der Waals surface area contributed by atoms with Gasteiger partial charge < -0.3 is 10.2 Å². The van der Waals surface area contributed by atoms with E-state index in [-0.39, 0.29) is 12.1 Å². The van der Waals surface area contributed by atoms with Crippen molar-refractivity contribution >= 4 is 51.7 Å². The van der Waals surface area contributed by atoms with Gasteiger partial charge in [0.2, 0.25) is 0 Å². The Morgan fingerprint density at radius 2 is 1.92 bits per heavy atom. The molecule has 3 aliphatic rings. The van der Waals surface area contributed by atoms with Crippen molar-refractivity contribution in [1.82, 2.24) is 10.2 Å². The maximum Gasteiger partial charge on any atom is 0.269 e. The number of nitrogens with zero attached hydrogens (tertiary/aromatic N) is 4. The summed E-state index contributed by atoms with van der Waals surface area (Å²) in [6, 6.07) is 26.0. The Labute approximate surface area is 230 Å². The number of amides is 1. The number of benzene rings is 3. The number of amidine groups is 1. The minimum Gasteiger partial charge on any atom is -0.369 e. The third-order valence-corrected chi connectivity index (χ3v) is 9.15. The van der Waals surface area contributed by atoms with Gasteiger partial charge in [0.15, 0.2) is 5.17 Å². The Morgan fingerprint density at radius 3 is 2.68 bits per heavy atom. The summed E-state index contributed by atoms with van der Waals surface area (Å²) in [6.07, 6.45) is 2.31. The summed E-state index contributed by atoms with van der Waals surface area (Å²) >= 11 is 3.00. The molecule has 0 bridgehead atoms. The van der Waals surface area contributed by atoms with Crippen molar-refractivity contribution in [3.63, 3.8) is 0 Å². The van der Waals surface area contributed by atoms with Crippen LogP contribution in [0.4, 0.5) is 17.1 Å². The number of nitrogens with one attached hydrogen (secondary N) is 2. The summed E-state index contributed by atoms with van der Waals surface area (Å²) in [5.74, 6) is -0.0640. The van der Waals surface area contributed by atoms with E-state index in [4.69, 9.17) is 4.99 Å². The van der Waals surface area contributed by atoms with Crippen molar-refractivity contribution in [2.75, 3.05) is 23.8 Å². The number of thioether (sulfide) groups is 2. The number of nitriles is 1. The van der Waals surface area contributed by atoms with Crippen molar-refractivity contribution in [2.45, 2.75) is 30.4 Å². The van der Waals surface area contributed by atoms with Gasteiger partial charge in [-0.15, -0.1) is 0 Å². The van der Waals surface area contributed by atoms with Crippen molar-refractivity contribution < 1.29 is 4.79 Å². The largest absolute Gasteiger partial charge is 0.369 e. The molecular formula is C29H26N6OS2. The topological polar surface area (TPSA) is 83.8 Å². The normalized spacial score (nSPS) is 21.7. The van der Waals surface area contributed by atoms with Crippen LogP contribution in [-0.4, -0.2) is 35.7 Å². The molecule has 3 heterocycles. The Bertz CT molecular complexity index is 1490. The van der Waals surface area contributed by atoms with Crippen molar-refractivity contribution in [1.29, 1.82) is 5.26 Å². The summed E-state index contributed by atoms with van der Waals surface area (Å²) in [5.41, 5.74) is 4.08.